The Morgan fingerprint density at radius 1 is 1.35 bits per heavy atom. The molecule has 1 aromatic rings. The maximum atomic E-state index is 11.7. The molecule has 94 valence electrons. The molecule has 0 amide bonds. The van der Waals surface area contributed by atoms with E-state index in [1.165, 1.54) is 12.7 Å². The summed E-state index contributed by atoms with van der Waals surface area (Å²) in [4.78, 5) is 11.7. The van der Waals surface area contributed by atoms with Crippen molar-refractivity contribution >= 4 is 5.97 Å². The predicted octanol–water partition coefficient (Wildman–Crippen LogP) is 2.50. The predicted molar refractivity (Wildman–Crippen MR) is 68.6 cm³/mol. The van der Waals surface area contributed by atoms with Gasteiger partial charge in [0.2, 0.25) is 0 Å². The molecule has 3 nitrogen and oxygen atoms in total. The van der Waals surface area contributed by atoms with Gasteiger partial charge < -0.3 is 10.5 Å². The fourth-order valence-corrected chi connectivity index (χ4v) is 1.95. The molecule has 0 saturated carbocycles. The molecule has 1 atom stereocenters. The molecule has 0 bridgehead atoms. The molecule has 0 aromatic heterocycles. The van der Waals surface area contributed by atoms with E-state index in [9.17, 15) is 4.79 Å². The topological polar surface area (TPSA) is 52.3 Å². The summed E-state index contributed by atoms with van der Waals surface area (Å²) in [5, 5.41) is 0. The molecular formula is C14H21NO2. The molecule has 0 saturated heterocycles. The number of rotatable bonds is 3. The molecule has 1 aromatic carbocycles. The molecule has 0 aliphatic rings. The third-order valence-electron chi connectivity index (χ3n) is 3.25. The lowest BCUT2D eigenvalue weighted by atomic mass is 9.79. The Hall–Kier alpha value is -1.35. The minimum absolute atomic E-state index is 0.287. The Bertz CT molecular complexity index is 424. The minimum atomic E-state index is -0.727. The quantitative estimate of drug-likeness (QED) is 0.819. The first-order valence-electron chi connectivity index (χ1n) is 5.72. The summed E-state index contributed by atoms with van der Waals surface area (Å²) in [5.74, 6) is -0.287. The summed E-state index contributed by atoms with van der Waals surface area (Å²) in [6, 6.07) is 5.70. The first-order valence-corrected chi connectivity index (χ1v) is 5.72. The fraction of sp³-hybridized carbons (Fsp3) is 0.500. The number of hydrogen-bond acceptors (Lipinski definition) is 3. The van der Waals surface area contributed by atoms with Gasteiger partial charge >= 0.3 is 5.97 Å². The number of methoxy groups -OCH3 is 1. The van der Waals surface area contributed by atoms with Crippen molar-refractivity contribution < 1.29 is 9.53 Å². The summed E-state index contributed by atoms with van der Waals surface area (Å²) >= 11 is 0. The molecular weight excluding hydrogens is 214 g/mol. The molecule has 0 aliphatic heterocycles. The molecule has 0 radical (unpaired) electrons. The average molecular weight is 235 g/mol. The van der Waals surface area contributed by atoms with Crippen LogP contribution in [0.2, 0.25) is 0 Å². The van der Waals surface area contributed by atoms with Crippen molar-refractivity contribution in [3.8, 4) is 0 Å². The van der Waals surface area contributed by atoms with Gasteiger partial charge in [-0.2, -0.15) is 0 Å². The Kier molecular flexibility index (Phi) is 3.94. The van der Waals surface area contributed by atoms with Gasteiger partial charge in [-0.15, -0.1) is 0 Å². The third-order valence-corrected chi connectivity index (χ3v) is 3.25. The number of aryl methyl sites for hydroxylation is 2. The van der Waals surface area contributed by atoms with Crippen LogP contribution in [-0.4, -0.2) is 13.1 Å². The molecule has 0 fully saturated rings. The van der Waals surface area contributed by atoms with Crippen LogP contribution in [0.15, 0.2) is 18.2 Å². The van der Waals surface area contributed by atoms with Crippen LogP contribution in [0.1, 0.15) is 36.6 Å². The van der Waals surface area contributed by atoms with Crippen LogP contribution in [0.4, 0.5) is 0 Å². The fourth-order valence-electron chi connectivity index (χ4n) is 1.95. The molecule has 0 heterocycles. The van der Waals surface area contributed by atoms with E-state index in [0.29, 0.717) is 0 Å². The zero-order valence-corrected chi connectivity index (χ0v) is 11.2. The summed E-state index contributed by atoms with van der Waals surface area (Å²) in [5.41, 5.74) is 8.76. The van der Waals surface area contributed by atoms with Crippen LogP contribution in [0.25, 0.3) is 0 Å². The van der Waals surface area contributed by atoms with E-state index in [2.05, 4.69) is 6.07 Å². The van der Waals surface area contributed by atoms with Gasteiger partial charge in [0.25, 0.3) is 0 Å². The van der Waals surface area contributed by atoms with Gasteiger partial charge in [-0.05, 0) is 38.8 Å². The minimum Gasteiger partial charge on any atom is -0.469 e. The lowest BCUT2D eigenvalue weighted by Crippen LogP contribution is -2.37. The summed E-state index contributed by atoms with van der Waals surface area (Å²) in [7, 11) is 1.39. The van der Waals surface area contributed by atoms with E-state index in [0.717, 1.165) is 11.1 Å². The largest absolute Gasteiger partial charge is 0.469 e. The molecule has 0 unspecified atom stereocenters. The smallest absolute Gasteiger partial charge is 0.313 e. The second kappa shape index (κ2) is 4.88. The Morgan fingerprint density at radius 3 is 2.41 bits per heavy atom. The lowest BCUT2D eigenvalue weighted by Gasteiger charge is -2.30. The van der Waals surface area contributed by atoms with E-state index < -0.39 is 5.41 Å². The van der Waals surface area contributed by atoms with Crippen molar-refractivity contribution in [1.29, 1.82) is 0 Å². The van der Waals surface area contributed by atoms with Crippen LogP contribution in [-0.2, 0) is 9.53 Å². The van der Waals surface area contributed by atoms with Crippen LogP contribution in [0.3, 0.4) is 0 Å². The van der Waals surface area contributed by atoms with E-state index >= 15 is 0 Å². The number of carbonyl (C=O) groups excluding carboxylic acids is 1. The number of carbonyl (C=O) groups is 1. The molecule has 0 spiro atoms. The number of ether oxygens (including phenoxy) is 1. The van der Waals surface area contributed by atoms with Crippen LogP contribution < -0.4 is 5.73 Å². The van der Waals surface area contributed by atoms with Gasteiger partial charge in [-0.25, -0.2) is 0 Å². The maximum absolute atomic E-state index is 11.7. The SMILES string of the molecule is COC(=O)C(C)(C)[C@@H](N)c1ccc(C)cc1C. The number of esters is 1. The van der Waals surface area contributed by atoms with Crippen molar-refractivity contribution in [1.82, 2.24) is 0 Å². The number of nitrogens with two attached hydrogens (primary N) is 1. The lowest BCUT2D eigenvalue weighted by molar-refractivity contribution is -0.152. The molecule has 17 heavy (non-hydrogen) atoms. The number of benzene rings is 1. The van der Waals surface area contributed by atoms with E-state index in [1.54, 1.807) is 0 Å². The van der Waals surface area contributed by atoms with Gasteiger partial charge in [0.1, 0.15) is 0 Å². The van der Waals surface area contributed by atoms with Crippen molar-refractivity contribution in [3.05, 3.63) is 34.9 Å². The van der Waals surface area contributed by atoms with Crippen molar-refractivity contribution in [2.45, 2.75) is 33.7 Å². The Balaban J connectivity index is 3.11. The van der Waals surface area contributed by atoms with E-state index in [-0.39, 0.29) is 12.0 Å². The highest BCUT2D eigenvalue weighted by atomic mass is 16.5. The van der Waals surface area contributed by atoms with Crippen molar-refractivity contribution in [2.24, 2.45) is 11.1 Å². The van der Waals surface area contributed by atoms with E-state index in [4.69, 9.17) is 10.5 Å². The second-order valence-corrected chi connectivity index (χ2v) is 5.05. The summed E-state index contributed by atoms with van der Waals surface area (Å²) < 4.78 is 4.80. The zero-order chi connectivity index (χ0) is 13.2. The van der Waals surface area contributed by atoms with Gasteiger partial charge in [-0.1, -0.05) is 23.8 Å². The molecule has 3 heteroatoms. The van der Waals surface area contributed by atoms with Crippen molar-refractivity contribution in [3.63, 3.8) is 0 Å². The van der Waals surface area contributed by atoms with Crippen LogP contribution in [0, 0.1) is 19.3 Å². The van der Waals surface area contributed by atoms with E-state index in [1.807, 2.05) is 39.8 Å². The first-order chi connectivity index (χ1) is 7.80. The van der Waals surface area contributed by atoms with Crippen LogP contribution >= 0.6 is 0 Å². The Morgan fingerprint density at radius 2 is 1.94 bits per heavy atom. The summed E-state index contributed by atoms with van der Waals surface area (Å²) in [6.07, 6.45) is 0. The highest BCUT2D eigenvalue weighted by Crippen LogP contribution is 2.34. The van der Waals surface area contributed by atoms with Crippen molar-refractivity contribution in [2.75, 3.05) is 7.11 Å². The van der Waals surface area contributed by atoms with Crippen LogP contribution in [0.5, 0.6) is 0 Å². The molecule has 1 rings (SSSR count). The number of hydrogen-bond donors (Lipinski definition) is 1. The zero-order valence-electron chi connectivity index (χ0n) is 11.2. The summed E-state index contributed by atoms with van der Waals surface area (Å²) in [6.45, 7) is 7.66. The van der Waals surface area contributed by atoms with Gasteiger partial charge in [0.05, 0.1) is 12.5 Å². The standard InChI is InChI=1S/C14H21NO2/c1-9-6-7-11(10(2)8-9)12(15)14(3,4)13(16)17-5/h6-8,12H,15H2,1-5H3/t12-/m0/s1. The normalized spacial score (nSPS) is 13.3. The monoisotopic (exact) mass is 235 g/mol. The third kappa shape index (κ3) is 2.67. The highest BCUT2D eigenvalue weighted by molar-refractivity contribution is 5.77. The van der Waals surface area contributed by atoms with Gasteiger partial charge in [0, 0.05) is 6.04 Å². The first kappa shape index (κ1) is 13.7. The Labute approximate surface area is 103 Å². The van der Waals surface area contributed by atoms with Gasteiger partial charge in [-0.3, -0.25) is 4.79 Å². The molecule has 2 N–H and O–H groups in total. The van der Waals surface area contributed by atoms with Gasteiger partial charge in [0.15, 0.2) is 0 Å². The highest BCUT2D eigenvalue weighted by Gasteiger charge is 2.37. The average Bonchev–Trinajstić information content (AvgIpc) is 2.27. The molecule has 0 aliphatic carbocycles. The second-order valence-electron chi connectivity index (χ2n) is 5.05. The maximum Gasteiger partial charge on any atom is 0.313 e.